The Labute approximate surface area is 60.3 Å². The molecule has 0 bridgehead atoms. The van der Waals surface area contributed by atoms with Crippen molar-refractivity contribution in [3.05, 3.63) is 29.6 Å². The van der Waals surface area contributed by atoms with Crippen LogP contribution < -0.4 is 5.11 Å². The third-order valence-electron chi connectivity index (χ3n) is 1.07. The molecule has 0 aliphatic heterocycles. The highest BCUT2D eigenvalue weighted by molar-refractivity contribution is 5.85. The molecular formula is C6H2F2NO2-. The molecule has 0 saturated carbocycles. The first-order chi connectivity index (χ1) is 5.13. The highest BCUT2D eigenvalue weighted by Gasteiger charge is 2.08. The van der Waals surface area contributed by atoms with Crippen molar-refractivity contribution in [2.45, 2.75) is 0 Å². The number of carboxylic acid groups (broad SMARTS) is 1. The standard InChI is InChI=1S/C6H3F2NO2/c7-4-3(6(10)11)1-2-9-5(4)8/h1-2H,(H,10,11)/p-1. The second-order valence-electron chi connectivity index (χ2n) is 1.75. The number of nitrogens with zero attached hydrogens (tertiary/aromatic N) is 1. The lowest BCUT2D eigenvalue weighted by Crippen LogP contribution is -2.24. The third kappa shape index (κ3) is 1.31. The van der Waals surface area contributed by atoms with Crippen molar-refractivity contribution in [3.63, 3.8) is 0 Å². The SMILES string of the molecule is O=C([O-])c1ccnc(F)c1F. The molecule has 0 amide bonds. The molecule has 0 aromatic carbocycles. The maximum atomic E-state index is 12.4. The van der Waals surface area contributed by atoms with Gasteiger partial charge >= 0.3 is 0 Å². The highest BCUT2D eigenvalue weighted by Crippen LogP contribution is 2.06. The molecule has 1 aromatic heterocycles. The number of rotatable bonds is 1. The number of hydrogen-bond donors (Lipinski definition) is 0. The van der Waals surface area contributed by atoms with Gasteiger partial charge in [0, 0.05) is 11.8 Å². The predicted molar refractivity (Wildman–Crippen MR) is 28.5 cm³/mol. The van der Waals surface area contributed by atoms with E-state index < -0.39 is 23.3 Å². The molecule has 0 unspecified atom stereocenters. The number of aromatic carboxylic acids is 1. The Bertz CT molecular complexity index is 301. The van der Waals surface area contributed by atoms with Crippen molar-refractivity contribution in [1.82, 2.24) is 4.98 Å². The normalized spacial score (nSPS) is 9.64. The van der Waals surface area contributed by atoms with Gasteiger partial charge in [0.05, 0.1) is 5.97 Å². The van der Waals surface area contributed by atoms with Crippen LogP contribution in [-0.4, -0.2) is 11.0 Å². The topological polar surface area (TPSA) is 53.0 Å². The number of pyridine rings is 1. The molecule has 0 atom stereocenters. The molecule has 58 valence electrons. The molecule has 1 rings (SSSR count). The summed E-state index contributed by atoms with van der Waals surface area (Å²) >= 11 is 0. The first kappa shape index (κ1) is 7.59. The predicted octanol–water partition coefficient (Wildman–Crippen LogP) is -0.277. The molecule has 3 nitrogen and oxygen atoms in total. The number of aromatic nitrogens is 1. The van der Waals surface area contributed by atoms with Crippen LogP contribution in [0.5, 0.6) is 0 Å². The Kier molecular flexibility index (Phi) is 1.80. The fourth-order valence-corrected chi connectivity index (χ4v) is 0.576. The summed E-state index contributed by atoms with van der Waals surface area (Å²) < 4.78 is 24.6. The minimum absolute atomic E-state index is 0.822. The minimum Gasteiger partial charge on any atom is -0.545 e. The Morgan fingerprint density at radius 1 is 1.55 bits per heavy atom. The molecule has 5 heteroatoms. The van der Waals surface area contributed by atoms with Crippen molar-refractivity contribution >= 4 is 5.97 Å². The summed E-state index contributed by atoms with van der Waals surface area (Å²) in [6.07, 6.45) is 0.851. The zero-order valence-corrected chi connectivity index (χ0v) is 5.17. The number of halogens is 2. The fraction of sp³-hybridized carbons (Fsp3) is 0. The van der Waals surface area contributed by atoms with Crippen LogP contribution in [0, 0.1) is 11.8 Å². The van der Waals surface area contributed by atoms with Crippen molar-refractivity contribution in [2.24, 2.45) is 0 Å². The highest BCUT2D eigenvalue weighted by atomic mass is 19.2. The summed E-state index contributed by atoms with van der Waals surface area (Å²) in [6, 6.07) is 0.827. The van der Waals surface area contributed by atoms with E-state index in [2.05, 4.69) is 4.98 Å². The van der Waals surface area contributed by atoms with Gasteiger partial charge in [0.2, 0.25) is 5.95 Å². The van der Waals surface area contributed by atoms with Crippen LogP contribution in [0.3, 0.4) is 0 Å². The molecule has 1 aromatic rings. The average molecular weight is 158 g/mol. The van der Waals surface area contributed by atoms with Crippen LogP contribution in [0.4, 0.5) is 8.78 Å². The molecule has 0 aliphatic rings. The lowest BCUT2D eigenvalue weighted by atomic mass is 10.2. The van der Waals surface area contributed by atoms with E-state index in [-0.39, 0.29) is 0 Å². The Morgan fingerprint density at radius 2 is 2.18 bits per heavy atom. The van der Waals surface area contributed by atoms with E-state index in [1.54, 1.807) is 0 Å². The third-order valence-corrected chi connectivity index (χ3v) is 1.07. The number of hydrogen-bond acceptors (Lipinski definition) is 3. The van der Waals surface area contributed by atoms with Gasteiger partial charge in [0.1, 0.15) is 0 Å². The van der Waals surface area contributed by atoms with E-state index in [0.717, 1.165) is 12.3 Å². The van der Waals surface area contributed by atoms with Gasteiger partial charge in [-0.25, -0.2) is 9.37 Å². The number of carbonyl (C=O) groups excluding carboxylic acids is 1. The first-order valence-electron chi connectivity index (χ1n) is 2.64. The van der Waals surface area contributed by atoms with Crippen molar-refractivity contribution in [3.8, 4) is 0 Å². The van der Waals surface area contributed by atoms with E-state index in [0.29, 0.717) is 0 Å². The van der Waals surface area contributed by atoms with Gasteiger partial charge < -0.3 is 9.90 Å². The molecule has 0 N–H and O–H groups in total. The molecule has 0 saturated heterocycles. The average Bonchev–Trinajstić information content (AvgIpc) is 1.94. The maximum Gasteiger partial charge on any atom is 0.249 e. The van der Waals surface area contributed by atoms with Crippen LogP contribution in [-0.2, 0) is 0 Å². The van der Waals surface area contributed by atoms with E-state index >= 15 is 0 Å². The minimum atomic E-state index is -1.76. The van der Waals surface area contributed by atoms with Gasteiger partial charge in [0.25, 0.3) is 0 Å². The van der Waals surface area contributed by atoms with Crippen LogP contribution in [0.15, 0.2) is 12.3 Å². The Morgan fingerprint density at radius 3 is 2.64 bits per heavy atom. The molecule has 0 spiro atoms. The molecule has 0 aliphatic carbocycles. The summed E-state index contributed by atoms with van der Waals surface area (Å²) in [7, 11) is 0. The van der Waals surface area contributed by atoms with Gasteiger partial charge in [-0.15, -0.1) is 0 Å². The second kappa shape index (κ2) is 2.61. The van der Waals surface area contributed by atoms with Gasteiger partial charge in [-0.05, 0) is 6.07 Å². The van der Waals surface area contributed by atoms with E-state index in [1.165, 1.54) is 0 Å². The smallest absolute Gasteiger partial charge is 0.249 e. The monoisotopic (exact) mass is 158 g/mol. The summed E-state index contributed by atoms with van der Waals surface area (Å²) in [5.41, 5.74) is -0.822. The molecule has 0 fully saturated rings. The van der Waals surface area contributed by atoms with Crippen molar-refractivity contribution in [1.29, 1.82) is 0 Å². The molecular weight excluding hydrogens is 156 g/mol. The molecule has 0 radical (unpaired) electrons. The number of carboxylic acids is 1. The van der Waals surface area contributed by atoms with Crippen LogP contribution >= 0.6 is 0 Å². The zero-order chi connectivity index (χ0) is 8.43. The van der Waals surface area contributed by atoms with Crippen LogP contribution in [0.2, 0.25) is 0 Å². The summed E-state index contributed by atoms with van der Waals surface area (Å²) in [5, 5.41) is 10.0. The van der Waals surface area contributed by atoms with Crippen LogP contribution in [0.1, 0.15) is 10.4 Å². The summed E-state index contributed by atoms with van der Waals surface area (Å²) in [4.78, 5) is 12.9. The van der Waals surface area contributed by atoms with E-state index in [9.17, 15) is 18.7 Å². The van der Waals surface area contributed by atoms with Gasteiger partial charge in [-0.3, -0.25) is 0 Å². The van der Waals surface area contributed by atoms with Crippen LogP contribution in [0.25, 0.3) is 0 Å². The van der Waals surface area contributed by atoms with Gasteiger partial charge in [-0.2, -0.15) is 4.39 Å². The molecule has 1 heterocycles. The largest absolute Gasteiger partial charge is 0.545 e. The first-order valence-corrected chi connectivity index (χ1v) is 2.64. The summed E-state index contributed by atoms with van der Waals surface area (Å²) in [5.74, 6) is -4.69. The lowest BCUT2D eigenvalue weighted by molar-refractivity contribution is -0.255. The Hall–Kier alpha value is -1.52. The molecule has 11 heavy (non-hydrogen) atoms. The Balaban J connectivity index is 3.27. The number of carbonyl (C=O) groups is 1. The summed E-state index contributed by atoms with van der Waals surface area (Å²) in [6.45, 7) is 0. The quantitative estimate of drug-likeness (QED) is 0.528. The van der Waals surface area contributed by atoms with Crippen molar-refractivity contribution in [2.75, 3.05) is 0 Å². The lowest BCUT2D eigenvalue weighted by Gasteiger charge is -2.01. The van der Waals surface area contributed by atoms with E-state index in [4.69, 9.17) is 0 Å². The maximum absolute atomic E-state index is 12.4. The van der Waals surface area contributed by atoms with Gasteiger partial charge in [0.15, 0.2) is 5.82 Å². The van der Waals surface area contributed by atoms with Crippen molar-refractivity contribution < 1.29 is 18.7 Å². The second-order valence-corrected chi connectivity index (χ2v) is 1.75. The zero-order valence-electron chi connectivity index (χ0n) is 5.17. The van der Waals surface area contributed by atoms with Gasteiger partial charge in [-0.1, -0.05) is 0 Å². The fourth-order valence-electron chi connectivity index (χ4n) is 0.576. The van der Waals surface area contributed by atoms with E-state index in [1.807, 2.05) is 0 Å².